The van der Waals surface area contributed by atoms with Crippen LogP contribution in [0.2, 0.25) is 0 Å². The van der Waals surface area contributed by atoms with Crippen LogP contribution in [-0.2, 0) is 4.94 Å². The molecule has 5 unspecified atom stereocenters. The molecular formula is C6H11N3O3. The van der Waals surface area contributed by atoms with E-state index in [2.05, 4.69) is 4.94 Å². The first-order valence-corrected chi connectivity index (χ1v) is 3.88. The van der Waals surface area contributed by atoms with Gasteiger partial charge in [-0.25, -0.2) is 0 Å². The quantitative estimate of drug-likeness (QED) is 0.263. The summed E-state index contributed by atoms with van der Waals surface area (Å²) in [6.45, 7) is 0. The minimum Gasteiger partial charge on any atom is -0.595 e. The first-order valence-electron chi connectivity index (χ1n) is 3.88. The van der Waals surface area contributed by atoms with Crippen molar-refractivity contribution in [3.63, 3.8) is 0 Å². The van der Waals surface area contributed by atoms with Gasteiger partial charge in [-0.05, 0) is 4.94 Å². The molecule has 12 heavy (non-hydrogen) atoms. The van der Waals surface area contributed by atoms with Crippen molar-refractivity contribution in [1.29, 1.82) is 0 Å². The lowest BCUT2D eigenvalue weighted by atomic mass is 9.93. The van der Waals surface area contributed by atoms with Gasteiger partial charge in [-0.15, -0.1) is 0 Å². The molecule has 4 N–H and O–H groups in total. The van der Waals surface area contributed by atoms with E-state index in [0.717, 1.165) is 0 Å². The van der Waals surface area contributed by atoms with Gasteiger partial charge in [-0.3, -0.25) is 0 Å². The highest BCUT2D eigenvalue weighted by atomic mass is 17.1. The van der Waals surface area contributed by atoms with Crippen LogP contribution in [0.4, 0.5) is 0 Å². The lowest BCUT2D eigenvalue weighted by molar-refractivity contribution is -1.27. The van der Waals surface area contributed by atoms with Crippen molar-refractivity contribution in [2.24, 2.45) is 5.73 Å². The van der Waals surface area contributed by atoms with Crippen molar-refractivity contribution in [2.45, 2.75) is 24.5 Å². The third-order valence-electron chi connectivity index (χ3n) is 2.37. The van der Waals surface area contributed by atoms with E-state index in [4.69, 9.17) is 5.73 Å². The highest BCUT2D eigenvalue weighted by Gasteiger charge is 2.47. The van der Waals surface area contributed by atoms with Crippen molar-refractivity contribution in [3.8, 4) is 0 Å². The molecule has 1 saturated heterocycles. The fourth-order valence-electron chi connectivity index (χ4n) is 1.72. The van der Waals surface area contributed by atoms with Crippen molar-refractivity contribution in [2.75, 3.05) is 0 Å². The van der Waals surface area contributed by atoms with E-state index in [1.54, 1.807) is 6.08 Å². The van der Waals surface area contributed by atoms with Gasteiger partial charge in [-0.1, -0.05) is 12.2 Å². The molecule has 0 spiro atoms. The average molecular weight is 173 g/mol. The Morgan fingerprint density at radius 2 is 2.17 bits per heavy atom. The zero-order valence-electron chi connectivity index (χ0n) is 6.40. The maximum atomic E-state index is 11.1. The number of nitrogens with two attached hydrogens (primary N) is 1. The largest absolute Gasteiger partial charge is 0.595 e. The maximum Gasteiger partial charge on any atom is 0.196 e. The Morgan fingerprint density at radius 1 is 1.42 bits per heavy atom. The van der Waals surface area contributed by atoms with E-state index < -0.39 is 16.5 Å². The van der Waals surface area contributed by atoms with Crippen molar-refractivity contribution < 1.29 is 15.4 Å². The maximum absolute atomic E-state index is 11.1. The number of hydrogen-bond donors (Lipinski definition) is 3. The molecule has 1 aliphatic heterocycles. The minimum absolute atomic E-state index is 0.336. The van der Waals surface area contributed by atoms with Crippen LogP contribution in [0.1, 0.15) is 6.42 Å². The molecule has 1 heterocycles. The van der Waals surface area contributed by atoms with E-state index in [-0.39, 0.29) is 12.1 Å². The highest BCUT2D eigenvalue weighted by molar-refractivity contribution is 5.04. The van der Waals surface area contributed by atoms with Crippen LogP contribution in [-0.4, -0.2) is 18.1 Å². The second-order valence-corrected chi connectivity index (χ2v) is 3.11. The summed E-state index contributed by atoms with van der Waals surface area (Å²) in [6.07, 6.45) is 4.15. The second-order valence-electron chi connectivity index (χ2n) is 3.11. The molecule has 0 radical (unpaired) electrons. The Kier molecular flexibility index (Phi) is 1.87. The standard InChI is InChI=1S/C6H11N3O3/c7-4-2-1-3-5-6(4)9(11)12-8(5)10/h1-2,4-6,8-9H,3,7H2. The smallest absolute Gasteiger partial charge is 0.196 e. The van der Waals surface area contributed by atoms with E-state index in [9.17, 15) is 10.4 Å². The van der Waals surface area contributed by atoms with Gasteiger partial charge in [-0.2, -0.15) is 10.5 Å². The van der Waals surface area contributed by atoms with E-state index in [0.29, 0.717) is 6.42 Å². The zero-order valence-corrected chi connectivity index (χ0v) is 6.40. The third kappa shape index (κ3) is 1.06. The van der Waals surface area contributed by atoms with Gasteiger partial charge in [0.2, 0.25) is 0 Å². The van der Waals surface area contributed by atoms with E-state index in [1.165, 1.54) is 0 Å². The summed E-state index contributed by atoms with van der Waals surface area (Å²) in [5.41, 5.74) is 5.63. The van der Waals surface area contributed by atoms with Crippen molar-refractivity contribution in [1.82, 2.24) is 0 Å². The first kappa shape index (κ1) is 8.11. The van der Waals surface area contributed by atoms with Crippen molar-refractivity contribution in [3.05, 3.63) is 22.6 Å². The Hall–Kier alpha value is -0.500. The molecular weight excluding hydrogens is 162 g/mol. The number of quaternary nitrogens is 2. The van der Waals surface area contributed by atoms with Crippen LogP contribution < -0.4 is 16.2 Å². The Labute approximate surface area is 69.2 Å². The summed E-state index contributed by atoms with van der Waals surface area (Å²) in [7, 11) is 0. The van der Waals surface area contributed by atoms with Gasteiger partial charge in [0.05, 0.1) is 6.04 Å². The molecule has 0 saturated carbocycles. The summed E-state index contributed by atoms with van der Waals surface area (Å²) >= 11 is 0. The third-order valence-corrected chi connectivity index (χ3v) is 2.37. The molecule has 0 amide bonds. The second kappa shape index (κ2) is 2.77. The van der Waals surface area contributed by atoms with Crippen molar-refractivity contribution >= 4 is 0 Å². The summed E-state index contributed by atoms with van der Waals surface area (Å²) < 4.78 is 0. The number of fused-ring (bicyclic) bond motifs is 1. The van der Waals surface area contributed by atoms with Gasteiger partial charge < -0.3 is 16.1 Å². The Morgan fingerprint density at radius 3 is 2.83 bits per heavy atom. The molecule has 2 aliphatic rings. The number of hydroxylamine groups is 4. The SMILES string of the molecule is NC1C=CCC2C1[NH+]([O-])O[NH+]2[O-]. The predicted molar refractivity (Wildman–Crippen MR) is 39.1 cm³/mol. The van der Waals surface area contributed by atoms with Gasteiger partial charge in [0.1, 0.15) is 0 Å². The molecule has 2 rings (SSSR count). The molecule has 6 nitrogen and oxygen atoms in total. The summed E-state index contributed by atoms with van der Waals surface area (Å²) in [4.78, 5) is 4.48. The minimum atomic E-state index is -0.471. The van der Waals surface area contributed by atoms with Crippen LogP contribution in [0.15, 0.2) is 12.2 Å². The van der Waals surface area contributed by atoms with Gasteiger partial charge in [0, 0.05) is 6.42 Å². The number of hydrogen-bond acceptors (Lipinski definition) is 4. The lowest BCUT2D eigenvalue weighted by Gasteiger charge is -2.24. The summed E-state index contributed by atoms with van der Waals surface area (Å²) in [5.74, 6) is 0. The molecule has 6 heteroatoms. The van der Waals surface area contributed by atoms with Gasteiger partial charge >= 0.3 is 0 Å². The summed E-state index contributed by atoms with van der Waals surface area (Å²) in [6, 6.07) is -1.14. The molecule has 0 aromatic carbocycles. The van der Waals surface area contributed by atoms with Crippen LogP contribution in [0.5, 0.6) is 0 Å². The van der Waals surface area contributed by atoms with E-state index >= 15 is 0 Å². The molecule has 0 aromatic heterocycles. The van der Waals surface area contributed by atoms with Gasteiger partial charge in [0.25, 0.3) is 0 Å². The average Bonchev–Trinajstić information content (AvgIpc) is 2.29. The zero-order chi connectivity index (χ0) is 8.72. The Balaban J connectivity index is 2.21. The normalized spacial score (nSPS) is 52.4. The van der Waals surface area contributed by atoms with E-state index in [1.807, 2.05) is 6.08 Å². The first-order chi connectivity index (χ1) is 5.70. The molecule has 0 aromatic rings. The molecule has 68 valence electrons. The molecule has 0 bridgehead atoms. The predicted octanol–water partition coefficient (Wildman–Crippen LogP) is -3.36. The Bertz CT molecular complexity index is 210. The lowest BCUT2D eigenvalue weighted by Crippen LogP contribution is -3.18. The fourth-order valence-corrected chi connectivity index (χ4v) is 1.72. The van der Waals surface area contributed by atoms with Crippen LogP contribution in [0, 0.1) is 10.4 Å². The topological polar surface area (TPSA) is 90.2 Å². The van der Waals surface area contributed by atoms with Gasteiger partial charge in [0.15, 0.2) is 12.1 Å². The van der Waals surface area contributed by atoms with Crippen LogP contribution in [0.25, 0.3) is 0 Å². The van der Waals surface area contributed by atoms with Crippen LogP contribution >= 0.6 is 0 Å². The monoisotopic (exact) mass is 173 g/mol. The fraction of sp³-hybridized carbons (Fsp3) is 0.667. The number of nitrogens with one attached hydrogen (secondary N) is 2. The molecule has 5 atom stereocenters. The number of rotatable bonds is 0. The molecule has 1 fully saturated rings. The van der Waals surface area contributed by atoms with Crippen LogP contribution in [0.3, 0.4) is 0 Å². The molecule has 1 aliphatic carbocycles. The summed E-state index contributed by atoms with van der Waals surface area (Å²) in [5, 5.41) is 21.2. The highest BCUT2D eigenvalue weighted by Crippen LogP contribution is 2.08.